The van der Waals surface area contributed by atoms with Crippen molar-refractivity contribution in [2.45, 2.75) is 5.41 Å². The number of hydrogen-bond acceptors (Lipinski definition) is 2. The van der Waals surface area contributed by atoms with E-state index in [1.807, 2.05) is 48.5 Å². The van der Waals surface area contributed by atoms with Crippen molar-refractivity contribution in [3.8, 4) is 44.5 Å². The summed E-state index contributed by atoms with van der Waals surface area (Å²) in [6.07, 6.45) is 0. The van der Waals surface area contributed by atoms with Gasteiger partial charge in [0, 0.05) is 22.3 Å². The van der Waals surface area contributed by atoms with Crippen molar-refractivity contribution < 1.29 is 18.1 Å². The molecule has 2 nitrogen and oxygen atoms in total. The highest BCUT2D eigenvalue weighted by atomic mass is 16.3. The molecule has 0 amide bonds. The highest BCUT2D eigenvalue weighted by molar-refractivity contribution is 6.16. The van der Waals surface area contributed by atoms with Crippen molar-refractivity contribution in [1.29, 1.82) is 0 Å². The van der Waals surface area contributed by atoms with E-state index in [4.69, 9.17) is 15.4 Å². The zero-order chi connectivity index (χ0) is 46.2. The number of anilines is 3. The monoisotopic (exact) mass is 735 g/mol. The first-order valence-corrected chi connectivity index (χ1v) is 18.9. The fourth-order valence-corrected chi connectivity index (χ4v) is 9.34. The van der Waals surface area contributed by atoms with Gasteiger partial charge >= 0.3 is 0 Å². The molecular formula is C55H35NO. The minimum absolute atomic E-state index is 0.0135. The summed E-state index contributed by atoms with van der Waals surface area (Å²) in [5.74, 6) is 0. The van der Waals surface area contributed by atoms with Crippen LogP contribution in [0.1, 0.15) is 36.0 Å². The lowest BCUT2D eigenvalue weighted by Crippen LogP contribution is -2.25. The number of hydrogen-bond donors (Lipinski definition) is 0. The topological polar surface area (TPSA) is 16.4 Å². The Bertz CT molecular complexity index is 3710. The molecule has 0 radical (unpaired) electrons. The molecule has 0 saturated carbocycles. The van der Waals surface area contributed by atoms with Crippen LogP contribution in [0.4, 0.5) is 17.1 Å². The lowest BCUT2D eigenvalue weighted by atomic mass is 9.70. The summed E-state index contributed by atoms with van der Waals surface area (Å²) in [5.41, 5.74) is 11.2. The number of benzene rings is 9. The van der Waals surface area contributed by atoms with Crippen molar-refractivity contribution in [3.63, 3.8) is 0 Å². The molecule has 0 N–H and O–H groups in total. The van der Waals surface area contributed by atoms with Crippen molar-refractivity contribution in [3.05, 3.63) is 234 Å². The van der Waals surface area contributed by atoms with E-state index in [1.165, 1.54) is 33.4 Å². The maximum absolute atomic E-state index is 9.49. The van der Waals surface area contributed by atoms with Gasteiger partial charge in [0.2, 0.25) is 0 Å². The summed E-state index contributed by atoms with van der Waals surface area (Å²) in [5, 5.41) is 1.25. The first kappa shape index (κ1) is 23.5. The normalized spacial score (nSPS) is 15.5. The Kier molecular flexibility index (Phi) is 5.07. The van der Waals surface area contributed by atoms with Crippen LogP contribution in [-0.2, 0) is 5.41 Å². The molecule has 0 aliphatic heterocycles. The lowest BCUT2D eigenvalue weighted by Gasteiger charge is -2.31. The average molecular weight is 736 g/mol. The Balaban J connectivity index is 1.10. The minimum Gasteiger partial charge on any atom is -0.455 e. The maximum atomic E-state index is 9.49. The predicted molar refractivity (Wildman–Crippen MR) is 236 cm³/mol. The molecular weight excluding hydrogens is 691 g/mol. The predicted octanol–water partition coefficient (Wildman–Crippen LogP) is 14.7. The molecule has 2 heteroatoms. The van der Waals surface area contributed by atoms with E-state index >= 15 is 0 Å². The van der Waals surface area contributed by atoms with E-state index in [9.17, 15) is 2.74 Å². The Hall–Kier alpha value is -7.42. The molecule has 10 aromatic rings. The van der Waals surface area contributed by atoms with E-state index < -0.39 is 70.9 Å². The molecule has 9 aromatic carbocycles. The largest absolute Gasteiger partial charge is 0.455 e. The Morgan fingerprint density at radius 1 is 0.439 bits per heavy atom. The Labute approximate surface area is 345 Å². The molecule has 1 heterocycles. The van der Waals surface area contributed by atoms with Crippen LogP contribution in [0.2, 0.25) is 0 Å². The molecule has 1 aromatic heterocycles. The standard InChI is InChI=1S/C55H35NO/c1-3-16-36(17-4-1)37-18-13-19-38(34-37)41-25-14-26-45-53-51(30-15-31-52(53)57-54(41)45)56(39-20-5-2-6-21-39)40-32-33-50-46(35-40)44-24-9-12-29-49(44)55(50)47-27-10-7-22-42(47)43-23-8-11-28-48(43)55/h1-35H/i1D,3D,4D,13D,16D,17D,18D,19D,25D,34D. The molecule has 0 atom stereocenters. The highest BCUT2D eigenvalue weighted by Gasteiger charge is 2.51. The molecule has 1 spiro atoms. The van der Waals surface area contributed by atoms with Crippen LogP contribution in [-0.4, -0.2) is 0 Å². The van der Waals surface area contributed by atoms with E-state index in [0.717, 1.165) is 28.2 Å². The van der Waals surface area contributed by atoms with Gasteiger partial charge in [0.25, 0.3) is 0 Å². The summed E-state index contributed by atoms with van der Waals surface area (Å²) >= 11 is 0. The third-order valence-electron chi connectivity index (χ3n) is 11.6. The van der Waals surface area contributed by atoms with Gasteiger partial charge in [-0.2, -0.15) is 0 Å². The third-order valence-corrected chi connectivity index (χ3v) is 11.6. The molecule has 2 aliphatic carbocycles. The third kappa shape index (κ3) is 4.53. The SMILES string of the molecule is [2H]c1ccc2c(oc3cccc(N(c4ccccc4)c4ccc5c(c4)-c4ccccc4C54c5ccccc5-c5ccccc54)c32)c1-c1c([2H])c([2H])c([2H])c(-c2c([2H])c([2H])c([2H])c([2H])c2[2H])c1[2H]. The van der Waals surface area contributed by atoms with E-state index in [0.29, 0.717) is 16.4 Å². The van der Waals surface area contributed by atoms with Crippen LogP contribution >= 0.6 is 0 Å². The quantitative estimate of drug-likeness (QED) is 0.175. The summed E-state index contributed by atoms with van der Waals surface area (Å²) in [4.78, 5) is 2.18. The van der Waals surface area contributed by atoms with Gasteiger partial charge in [-0.05, 0) is 104 Å². The zero-order valence-corrected chi connectivity index (χ0v) is 30.3. The van der Waals surface area contributed by atoms with Gasteiger partial charge in [0.05, 0.1) is 30.2 Å². The molecule has 0 unspecified atom stereocenters. The van der Waals surface area contributed by atoms with Gasteiger partial charge in [-0.1, -0.05) is 170 Å². The molecule has 12 rings (SSSR count). The number of para-hydroxylation sites is 2. The van der Waals surface area contributed by atoms with Crippen LogP contribution in [0, 0.1) is 0 Å². The average Bonchev–Trinajstić information content (AvgIpc) is 3.99. The number of furan rings is 1. The van der Waals surface area contributed by atoms with Gasteiger partial charge in [-0.3, -0.25) is 0 Å². The van der Waals surface area contributed by atoms with Crippen LogP contribution < -0.4 is 4.90 Å². The van der Waals surface area contributed by atoms with Gasteiger partial charge in [-0.25, -0.2) is 0 Å². The lowest BCUT2D eigenvalue weighted by molar-refractivity contribution is 0.670. The van der Waals surface area contributed by atoms with Gasteiger partial charge in [0.15, 0.2) is 0 Å². The minimum atomic E-state index is -0.657. The molecule has 0 fully saturated rings. The fourth-order valence-electron chi connectivity index (χ4n) is 9.34. The second-order valence-corrected chi connectivity index (χ2v) is 14.4. The van der Waals surface area contributed by atoms with E-state index in [2.05, 4.69) is 95.9 Å². The van der Waals surface area contributed by atoms with E-state index in [1.54, 1.807) is 12.1 Å². The Morgan fingerprint density at radius 2 is 1.07 bits per heavy atom. The first-order valence-electron chi connectivity index (χ1n) is 23.9. The van der Waals surface area contributed by atoms with Crippen molar-refractivity contribution in [2.75, 3.05) is 4.90 Å². The molecule has 2 aliphatic rings. The molecule has 266 valence electrons. The van der Waals surface area contributed by atoms with Crippen LogP contribution in [0.5, 0.6) is 0 Å². The van der Waals surface area contributed by atoms with Crippen LogP contribution in [0.15, 0.2) is 217 Å². The molecule has 0 saturated heterocycles. The summed E-state index contributed by atoms with van der Waals surface area (Å²) in [6.45, 7) is 0. The fraction of sp³-hybridized carbons (Fsp3) is 0.0182. The van der Waals surface area contributed by atoms with E-state index in [-0.39, 0.29) is 22.8 Å². The highest BCUT2D eigenvalue weighted by Crippen LogP contribution is 2.63. The second-order valence-electron chi connectivity index (χ2n) is 14.4. The van der Waals surface area contributed by atoms with Crippen molar-refractivity contribution in [2.24, 2.45) is 0 Å². The maximum Gasteiger partial charge on any atom is 0.143 e. The zero-order valence-electron chi connectivity index (χ0n) is 40.3. The van der Waals surface area contributed by atoms with Crippen molar-refractivity contribution >= 4 is 39.0 Å². The van der Waals surface area contributed by atoms with Gasteiger partial charge in [0.1, 0.15) is 11.2 Å². The van der Waals surface area contributed by atoms with Crippen LogP contribution in [0.25, 0.3) is 66.4 Å². The van der Waals surface area contributed by atoms with Gasteiger partial charge < -0.3 is 9.32 Å². The number of fused-ring (bicyclic) bond motifs is 13. The van der Waals surface area contributed by atoms with Gasteiger partial charge in [-0.15, -0.1) is 0 Å². The molecule has 57 heavy (non-hydrogen) atoms. The smallest absolute Gasteiger partial charge is 0.143 e. The van der Waals surface area contributed by atoms with Crippen LogP contribution in [0.3, 0.4) is 0 Å². The summed E-state index contributed by atoms with van der Waals surface area (Å²) in [7, 11) is 0. The van der Waals surface area contributed by atoms with Crippen molar-refractivity contribution in [1.82, 2.24) is 0 Å². The summed E-state index contributed by atoms with van der Waals surface area (Å²) in [6, 6.07) is 46.1. The molecule has 0 bridgehead atoms. The first-order chi connectivity index (χ1) is 32.4. The second kappa shape index (κ2) is 12.3. The number of nitrogens with zero attached hydrogens (tertiary/aromatic N) is 1. The Morgan fingerprint density at radius 3 is 1.81 bits per heavy atom. The summed E-state index contributed by atoms with van der Waals surface area (Å²) < 4.78 is 94.4. The number of rotatable bonds is 5.